The minimum Gasteiger partial charge on any atom is -0.392 e. The van der Waals surface area contributed by atoms with Crippen LogP contribution < -0.4 is 0 Å². The zero-order valence-corrected chi connectivity index (χ0v) is 14.4. The van der Waals surface area contributed by atoms with Crippen molar-refractivity contribution in [3.05, 3.63) is 48.0 Å². The molecule has 0 saturated heterocycles. The van der Waals surface area contributed by atoms with Crippen molar-refractivity contribution in [2.24, 2.45) is 5.92 Å². The zero-order valence-electron chi connectivity index (χ0n) is 14.4. The van der Waals surface area contributed by atoms with Crippen LogP contribution in [0.1, 0.15) is 43.6 Å². The van der Waals surface area contributed by atoms with E-state index in [0.29, 0.717) is 5.92 Å². The molecule has 1 aliphatic rings. The summed E-state index contributed by atoms with van der Waals surface area (Å²) in [5.41, 5.74) is 1.27. The molecule has 0 heterocycles. The van der Waals surface area contributed by atoms with Gasteiger partial charge in [-0.1, -0.05) is 61.7 Å². The maximum Gasteiger partial charge on any atom is 0.0649 e. The molecule has 3 rings (SSSR count). The van der Waals surface area contributed by atoms with E-state index in [0.717, 1.165) is 6.54 Å². The third kappa shape index (κ3) is 3.94. The van der Waals surface area contributed by atoms with Crippen molar-refractivity contribution in [2.75, 3.05) is 20.6 Å². The van der Waals surface area contributed by atoms with E-state index >= 15 is 0 Å². The van der Waals surface area contributed by atoms with Gasteiger partial charge in [0.15, 0.2) is 0 Å². The lowest BCUT2D eigenvalue weighted by Gasteiger charge is -2.34. The van der Waals surface area contributed by atoms with Gasteiger partial charge >= 0.3 is 0 Å². The van der Waals surface area contributed by atoms with Crippen molar-refractivity contribution < 1.29 is 5.11 Å². The fourth-order valence-corrected chi connectivity index (χ4v) is 4.05. The van der Waals surface area contributed by atoms with E-state index < -0.39 is 0 Å². The van der Waals surface area contributed by atoms with Crippen LogP contribution in [0.3, 0.4) is 0 Å². The number of hydrogen-bond acceptors (Lipinski definition) is 2. The van der Waals surface area contributed by atoms with E-state index in [4.69, 9.17) is 0 Å². The minimum atomic E-state index is -0.237. The van der Waals surface area contributed by atoms with Gasteiger partial charge in [-0.3, -0.25) is 0 Å². The summed E-state index contributed by atoms with van der Waals surface area (Å²) in [6, 6.07) is 15.2. The van der Waals surface area contributed by atoms with Crippen molar-refractivity contribution in [1.29, 1.82) is 0 Å². The second-order valence-corrected chi connectivity index (χ2v) is 7.36. The summed E-state index contributed by atoms with van der Waals surface area (Å²) >= 11 is 0. The molecule has 1 aliphatic carbocycles. The fraction of sp³-hybridized carbons (Fsp3) is 0.524. The molecule has 1 saturated carbocycles. The smallest absolute Gasteiger partial charge is 0.0649 e. The van der Waals surface area contributed by atoms with Crippen molar-refractivity contribution in [3.8, 4) is 0 Å². The molecule has 0 aliphatic heterocycles. The number of nitrogens with zero attached hydrogens (tertiary/aromatic N) is 1. The van der Waals surface area contributed by atoms with E-state index in [1.165, 1.54) is 48.4 Å². The molecule has 2 heteroatoms. The predicted molar refractivity (Wildman–Crippen MR) is 97.8 cm³/mol. The molecular formula is C21H29NO. The first-order valence-corrected chi connectivity index (χ1v) is 8.96. The number of aliphatic hydroxyl groups is 1. The van der Waals surface area contributed by atoms with Crippen LogP contribution in [-0.4, -0.2) is 36.8 Å². The Morgan fingerprint density at radius 1 is 1.00 bits per heavy atom. The third-order valence-corrected chi connectivity index (χ3v) is 5.31. The summed E-state index contributed by atoms with van der Waals surface area (Å²) in [5, 5.41) is 13.6. The Balaban J connectivity index is 1.89. The largest absolute Gasteiger partial charge is 0.392 e. The predicted octanol–water partition coefficient (Wildman–Crippen LogP) is 4.43. The maximum absolute atomic E-state index is 11.1. The Morgan fingerprint density at radius 3 is 2.39 bits per heavy atom. The number of likely N-dealkylation sites (N-methyl/N-ethyl adjacent to an activating group) is 1. The van der Waals surface area contributed by atoms with Crippen molar-refractivity contribution in [2.45, 2.75) is 44.1 Å². The normalized spacial score (nSPS) is 19.1. The Labute approximate surface area is 140 Å². The maximum atomic E-state index is 11.1. The first-order valence-electron chi connectivity index (χ1n) is 8.96. The molecule has 0 unspecified atom stereocenters. The number of rotatable bonds is 5. The highest BCUT2D eigenvalue weighted by Crippen LogP contribution is 2.34. The molecule has 124 valence electrons. The van der Waals surface area contributed by atoms with Crippen LogP contribution in [0.5, 0.6) is 0 Å². The van der Waals surface area contributed by atoms with Gasteiger partial charge < -0.3 is 10.0 Å². The molecule has 0 bridgehead atoms. The number of hydrogen-bond donors (Lipinski definition) is 1. The quantitative estimate of drug-likeness (QED) is 0.883. The highest BCUT2D eigenvalue weighted by atomic mass is 16.3. The van der Waals surface area contributed by atoms with Crippen LogP contribution in [0.25, 0.3) is 10.8 Å². The van der Waals surface area contributed by atoms with E-state index in [1.807, 2.05) is 0 Å². The fourth-order valence-electron chi connectivity index (χ4n) is 4.05. The Morgan fingerprint density at radius 2 is 1.70 bits per heavy atom. The molecule has 2 aromatic rings. The summed E-state index contributed by atoms with van der Waals surface area (Å²) in [7, 11) is 4.20. The number of aliphatic hydroxyl groups excluding tert-OH is 1. The molecule has 1 fully saturated rings. The molecular weight excluding hydrogens is 282 g/mol. The Hall–Kier alpha value is -1.38. The van der Waals surface area contributed by atoms with E-state index in [-0.39, 0.29) is 12.0 Å². The molecule has 0 aromatic heterocycles. The van der Waals surface area contributed by atoms with Crippen LogP contribution in [-0.2, 0) is 0 Å². The van der Waals surface area contributed by atoms with E-state index in [1.54, 1.807) is 0 Å². The SMILES string of the molecule is CN(C)C[C@@H](c1ccc2ccccc2c1)[C@@H](O)C1CCCCC1. The molecule has 0 spiro atoms. The summed E-state index contributed by atoms with van der Waals surface area (Å²) in [6.45, 7) is 0.899. The minimum absolute atomic E-state index is 0.192. The second-order valence-electron chi connectivity index (χ2n) is 7.36. The van der Waals surface area contributed by atoms with Gasteiger partial charge in [-0.05, 0) is 49.2 Å². The summed E-state index contributed by atoms with van der Waals surface area (Å²) in [6.07, 6.45) is 6.00. The van der Waals surface area contributed by atoms with Crippen molar-refractivity contribution >= 4 is 10.8 Å². The molecule has 0 amide bonds. The van der Waals surface area contributed by atoms with Gasteiger partial charge in [0.1, 0.15) is 0 Å². The van der Waals surface area contributed by atoms with Gasteiger partial charge in [0, 0.05) is 12.5 Å². The highest BCUT2D eigenvalue weighted by molar-refractivity contribution is 5.83. The molecule has 2 atom stereocenters. The zero-order chi connectivity index (χ0) is 16.2. The number of benzene rings is 2. The third-order valence-electron chi connectivity index (χ3n) is 5.31. The van der Waals surface area contributed by atoms with Crippen LogP contribution in [0.15, 0.2) is 42.5 Å². The highest BCUT2D eigenvalue weighted by Gasteiger charge is 2.30. The Kier molecular flexibility index (Phi) is 5.34. The van der Waals surface area contributed by atoms with Crippen molar-refractivity contribution in [3.63, 3.8) is 0 Å². The molecule has 23 heavy (non-hydrogen) atoms. The van der Waals surface area contributed by atoms with Crippen molar-refractivity contribution in [1.82, 2.24) is 4.90 Å². The van der Waals surface area contributed by atoms with Crippen LogP contribution in [0.4, 0.5) is 0 Å². The lowest BCUT2D eigenvalue weighted by Crippen LogP contribution is -2.35. The molecule has 0 radical (unpaired) electrons. The average Bonchev–Trinajstić information content (AvgIpc) is 2.59. The molecule has 2 nitrogen and oxygen atoms in total. The summed E-state index contributed by atoms with van der Waals surface area (Å²) < 4.78 is 0. The van der Waals surface area contributed by atoms with Gasteiger partial charge in [0.25, 0.3) is 0 Å². The number of fused-ring (bicyclic) bond motifs is 1. The standard InChI is InChI=1S/C21H29NO/c1-22(2)15-20(21(23)17-9-4-3-5-10-17)19-13-12-16-8-6-7-11-18(16)14-19/h6-8,11-14,17,20-21,23H,3-5,9-10,15H2,1-2H3/t20-,21-/m0/s1. The van der Waals surface area contributed by atoms with Crippen LogP contribution >= 0.6 is 0 Å². The lowest BCUT2D eigenvalue weighted by molar-refractivity contribution is 0.0520. The van der Waals surface area contributed by atoms with Crippen LogP contribution in [0.2, 0.25) is 0 Å². The first-order chi connectivity index (χ1) is 11.1. The second kappa shape index (κ2) is 7.46. The topological polar surface area (TPSA) is 23.5 Å². The van der Waals surface area contributed by atoms with Gasteiger partial charge in [-0.15, -0.1) is 0 Å². The van der Waals surface area contributed by atoms with E-state index in [9.17, 15) is 5.11 Å². The Bertz CT molecular complexity index is 631. The van der Waals surface area contributed by atoms with Gasteiger partial charge in [-0.25, -0.2) is 0 Å². The van der Waals surface area contributed by atoms with Gasteiger partial charge in [0.2, 0.25) is 0 Å². The van der Waals surface area contributed by atoms with Crippen LogP contribution in [0, 0.1) is 5.92 Å². The lowest BCUT2D eigenvalue weighted by atomic mass is 9.78. The summed E-state index contributed by atoms with van der Waals surface area (Å²) in [5.74, 6) is 0.651. The average molecular weight is 311 g/mol. The monoisotopic (exact) mass is 311 g/mol. The van der Waals surface area contributed by atoms with Gasteiger partial charge in [-0.2, -0.15) is 0 Å². The van der Waals surface area contributed by atoms with E-state index in [2.05, 4.69) is 61.5 Å². The molecule has 2 aromatic carbocycles. The first kappa shape index (κ1) is 16.5. The summed E-state index contributed by atoms with van der Waals surface area (Å²) in [4.78, 5) is 2.20. The molecule has 1 N–H and O–H groups in total. The van der Waals surface area contributed by atoms with Gasteiger partial charge in [0.05, 0.1) is 6.10 Å².